The molecule has 0 bridgehead atoms. The standard InChI is InChI=1S/2C47H27NO2.C41H25NO/c1-2-10-29(11-3-1)47-48-46-42(50-47)25-21-28-18-19-30-26-31(20-23-33(30)45(28)46)43-35-13-4-6-15-37(35)44(38-16-7-5-14-36(38)43)32-22-24-41-39(27-32)34-12-8-9-17-40(34)49-41;1-2-10-29(11-3-1)47-48-46-41(50-47)25-22-28-18-19-30-26-31(20-23-33(30)45(28)46)43-36-13-4-6-15-38(36)44(39-16-7-5-14-37(39)43)32-21-24-35-34-12-8-9-17-40(34)49-42(35)27-32;1-3-11-26(12-4-1)37-32-15-7-9-17-34(32)38(35-18-10-8-16-33(35)37)30-21-23-31-29(25-30)20-19-27-22-24-36-40(39(27)31)42-41(43-36)28-13-5-2-6-14-28/h2*1-27H;1-25H. The smallest absolute Gasteiger partial charge is 0.227 e. The summed E-state index contributed by atoms with van der Waals surface area (Å²) in [5.74, 6) is 1.92. The number of para-hydroxylation sites is 2. The van der Waals surface area contributed by atoms with Gasteiger partial charge in [-0.25, -0.2) is 15.0 Å². The molecule has 31 aromatic rings. The van der Waals surface area contributed by atoms with Crippen LogP contribution in [0.5, 0.6) is 0 Å². The van der Waals surface area contributed by atoms with Crippen LogP contribution in [0.15, 0.2) is 501 Å². The monoisotopic (exact) mass is 1820 g/mol. The molecule has 0 aliphatic carbocycles. The molecular formula is C135H79N3O5. The zero-order valence-corrected chi connectivity index (χ0v) is 77.0. The first kappa shape index (κ1) is 81.1. The summed E-state index contributed by atoms with van der Waals surface area (Å²) >= 11 is 0. The van der Waals surface area contributed by atoms with E-state index in [0.29, 0.717) is 17.7 Å². The molecule has 0 N–H and O–H groups in total. The quantitative estimate of drug-likeness (QED) is 0.104. The fourth-order valence-corrected chi connectivity index (χ4v) is 22.8. The van der Waals surface area contributed by atoms with Gasteiger partial charge in [0.1, 0.15) is 38.9 Å². The lowest BCUT2D eigenvalue weighted by molar-refractivity contribution is 0.619. The SMILES string of the molecule is c1ccc(-c2nc3c(ccc4ccc5cc(-c6c7ccccc7c(-c7ccc8c(c7)oc7ccccc78)c7ccccc67)ccc5c43)o2)cc1.c1ccc(-c2nc3c(ccc4ccc5cc(-c6c7ccccc7c(-c7ccc8oc9ccccc9c8c7)c7ccccc67)ccc5c43)o2)cc1.c1ccc(-c2nc3c(ccc4ccc5cc(-c6c7ccccc7c(-c7ccccc7)c7ccccc67)ccc5c43)o2)cc1. The van der Waals surface area contributed by atoms with Gasteiger partial charge in [-0.15, -0.1) is 0 Å². The first-order valence-corrected chi connectivity index (χ1v) is 48.5. The molecule has 0 unspecified atom stereocenters. The van der Waals surface area contributed by atoms with Crippen molar-refractivity contribution in [1.82, 2.24) is 15.0 Å². The van der Waals surface area contributed by atoms with Crippen LogP contribution in [0.4, 0.5) is 0 Å². The van der Waals surface area contributed by atoms with Crippen molar-refractivity contribution >= 4 is 206 Å². The molecule has 664 valence electrons. The van der Waals surface area contributed by atoms with Crippen LogP contribution in [0.2, 0.25) is 0 Å². The van der Waals surface area contributed by atoms with Crippen molar-refractivity contribution < 1.29 is 22.1 Å². The number of aromatic nitrogens is 3. The van der Waals surface area contributed by atoms with E-state index in [1.165, 1.54) is 147 Å². The lowest BCUT2D eigenvalue weighted by Crippen LogP contribution is -1.91. The van der Waals surface area contributed by atoms with Gasteiger partial charge in [-0.1, -0.05) is 370 Å². The van der Waals surface area contributed by atoms with Gasteiger partial charge in [0.25, 0.3) is 0 Å². The van der Waals surface area contributed by atoms with Crippen LogP contribution in [0, 0.1) is 0 Å². The third-order valence-corrected chi connectivity index (χ3v) is 29.2. The number of hydrogen-bond acceptors (Lipinski definition) is 8. The summed E-state index contributed by atoms with van der Waals surface area (Å²) in [6.07, 6.45) is 0. The van der Waals surface area contributed by atoms with Gasteiger partial charge in [0.15, 0.2) is 16.7 Å². The summed E-state index contributed by atoms with van der Waals surface area (Å²) in [5.41, 5.74) is 26.2. The minimum atomic E-state index is 0.638. The Morgan fingerprint density at radius 2 is 0.336 bits per heavy atom. The van der Waals surface area contributed by atoms with Crippen LogP contribution in [-0.2, 0) is 0 Å². The van der Waals surface area contributed by atoms with Crippen LogP contribution in [0.1, 0.15) is 0 Å². The molecule has 0 saturated heterocycles. The first-order chi connectivity index (χ1) is 70.9. The molecule has 8 nitrogen and oxygen atoms in total. The minimum Gasteiger partial charge on any atom is -0.456 e. The highest BCUT2D eigenvalue weighted by Crippen LogP contribution is 2.52. The normalized spacial score (nSPS) is 11.9. The van der Waals surface area contributed by atoms with Crippen molar-refractivity contribution in [1.29, 1.82) is 0 Å². The van der Waals surface area contributed by atoms with E-state index >= 15 is 0 Å². The Morgan fingerprint density at radius 1 is 0.119 bits per heavy atom. The van der Waals surface area contributed by atoms with E-state index < -0.39 is 0 Å². The van der Waals surface area contributed by atoms with E-state index in [2.05, 4.69) is 346 Å². The van der Waals surface area contributed by atoms with Crippen molar-refractivity contribution in [2.75, 3.05) is 0 Å². The molecular weight excluding hydrogens is 1740 g/mol. The molecule has 0 aliphatic heterocycles. The minimum absolute atomic E-state index is 0.638. The van der Waals surface area contributed by atoms with Crippen LogP contribution in [0.25, 0.3) is 308 Å². The third kappa shape index (κ3) is 13.3. The second-order valence-corrected chi connectivity index (χ2v) is 37.2. The Labute approximate surface area is 818 Å². The topological polar surface area (TPSA) is 104 Å². The number of nitrogens with zero attached hydrogens (tertiary/aromatic N) is 3. The molecule has 0 aliphatic rings. The van der Waals surface area contributed by atoms with Gasteiger partial charge in [-0.05, 0) is 289 Å². The number of hydrogen-bond donors (Lipinski definition) is 0. The average molecular weight is 1820 g/mol. The molecule has 8 heteroatoms. The van der Waals surface area contributed by atoms with E-state index in [0.717, 1.165) is 143 Å². The predicted molar refractivity (Wildman–Crippen MR) is 596 cm³/mol. The van der Waals surface area contributed by atoms with Gasteiger partial charge < -0.3 is 22.1 Å². The lowest BCUT2D eigenvalue weighted by Gasteiger charge is -2.18. The number of furan rings is 2. The van der Waals surface area contributed by atoms with Crippen LogP contribution in [0.3, 0.4) is 0 Å². The fourth-order valence-electron chi connectivity index (χ4n) is 22.8. The van der Waals surface area contributed by atoms with E-state index in [4.69, 9.17) is 37.0 Å². The van der Waals surface area contributed by atoms with E-state index in [9.17, 15) is 0 Å². The van der Waals surface area contributed by atoms with E-state index in [-0.39, 0.29) is 0 Å². The van der Waals surface area contributed by atoms with Crippen molar-refractivity contribution in [2.45, 2.75) is 0 Å². The summed E-state index contributed by atoms with van der Waals surface area (Å²) in [5, 5.41) is 33.2. The van der Waals surface area contributed by atoms with Crippen LogP contribution in [-0.4, -0.2) is 15.0 Å². The van der Waals surface area contributed by atoms with Crippen molar-refractivity contribution in [2.24, 2.45) is 0 Å². The van der Waals surface area contributed by atoms with Crippen molar-refractivity contribution in [3.05, 3.63) is 479 Å². The van der Waals surface area contributed by atoms with Gasteiger partial charge in [0.2, 0.25) is 17.7 Å². The molecule has 5 heterocycles. The molecule has 143 heavy (non-hydrogen) atoms. The molecule has 31 rings (SSSR count). The lowest BCUT2D eigenvalue weighted by atomic mass is 9.85. The largest absolute Gasteiger partial charge is 0.456 e. The molecule has 26 aromatic carbocycles. The van der Waals surface area contributed by atoms with Crippen LogP contribution < -0.4 is 0 Å². The molecule has 5 aromatic heterocycles. The maximum absolute atomic E-state index is 6.34. The van der Waals surface area contributed by atoms with Gasteiger partial charge >= 0.3 is 0 Å². The zero-order valence-electron chi connectivity index (χ0n) is 77.0. The Bertz CT molecular complexity index is 10500. The summed E-state index contributed by atoms with van der Waals surface area (Å²) < 4.78 is 31.3. The summed E-state index contributed by atoms with van der Waals surface area (Å²) in [6, 6.07) is 170. The number of benzene rings is 26. The molecule has 0 saturated carbocycles. The highest BCUT2D eigenvalue weighted by Gasteiger charge is 2.26. The number of fused-ring (bicyclic) bond motifs is 27. The van der Waals surface area contributed by atoms with Crippen molar-refractivity contribution in [3.63, 3.8) is 0 Å². The highest BCUT2D eigenvalue weighted by molar-refractivity contribution is 6.29. The van der Waals surface area contributed by atoms with Gasteiger partial charge in [0.05, 0.1) is 0 Å². The van der Waals surface area contributed by atoms with E-state index in [1.54, 1.807) is 0 Å². The van der Waals surface area contributed by atoms with Crippen LogP contribution >= 0.6 is 0 Å². The molecule has 0 atom stereocenters. The fraction of sp³-hybridized carbons (Fsp3) is 0. The molecule has 0 spiro atoms. The summed E-state index contributed by atoms with van der Waals surface area (Å²) in [6.45, 7) is 0. The van der Waals surface area contributed by atoms with Gasteiger partial charge in [-0.3, -0.25) is 0 Å². The highest BCUT2D eigenvalue weighted by atomic mass is 16.4. The first-order valence-electron chi connectivity index (χ1n) is 48.5. The zero-order chi connectivity index (χ0) is 93.8. The second-order valence-electron chi connectivity index (χ2n) is 37.2. The van der Waals surface area contributed by atoms with Gasteiger partial charge in [-0.2, -0.15) is 0 Å². The Morgan fingerprint density at radius 3 is 0.664 bits per heavy atom. The van der Waals surface area contributed by atoms with E-state index in [1.807, 2.05) is 133 Å². The average Bonchev–Trinajstić information content (AvgIpc) is 1.43. The predicted octanol–water partition coefficient (Wildman–Crippen LogP) is 38.1. The maximum Gasteiger partial charge on any atom is 0.227 e. The molecule has 0 fully saturated rings. The summed E-state index contributed by atoms with van der Waals surface area (Å²) in [4.78, 5) is 15.0. The number of rotatable bonds is 9. The Kier molecular flexibility index (Phi) is 18.6. The van der Waals surface area contributed by atoms with Crippen molar-refractivity contribution in [3.8, 4) is 101 Å². The maximum atomic E-state index is 6.34. The Balaban J connectivity index is 0.000000103. The third-order valence-electron chi connectivity index (χ3n) is 29.2. The second kappa shape index (κ2) is 32.8. The molecule has 0 radical (unpaired) electrons. The molecule has 0 amide bonds. The van der Waals surface area contributed by atoms with Gasteiger partial charge in [0, 0.05) is 54.4 Å². The summed E-state index contributed by atoms with van der Waals surface area (Å²) in [7, 11) is 0. The number of oxazole rings is 3. The Hall–Kier alpha value is -19.2.